The highest BCUT2D eigenvalue weighted by Crippen LogP contribution is 2.50. The average Bonchev–Trinajstić information content (AvgIpc) is 3.11. The molecule has 0 unspecified atom stereocenters. The Morgan fingerprint density at radius 3 is 0.896 bits per heavy atom. The molecule has 0 fully saturated rings. The van der Waals surface area contributed by atoms with Gasteiger partial charge in [0.2, 0.25) is 0 Å². The van der Waals surface area contributed by atoms with Crippen LogP contribution in [-0.2, 0) is 12.8 Å². The van der Waals surface area contributed by atoms with Crippen LogP contribution < -0.4 is 9.80 Å². The summed E-state index contributed by atoms with van der Waals surface area (Å²) in [6.07, 6.45) is 2.14. The molecule has 7 aromatic carbocycles. The Bertz CT molecular complexity index is 1960. The van der Waals surface area contributed by atoms with Crippen LogP contribution in [0.4, 0.5) is 34.1 Å². The fraction of sp³-hybridized carbons (Fsp3) is 0.174. The molecule has 7 aromatic rings. The normalized spacial score (nSPS) is 11.5. The van der Waals surface area contributed by atoms with Crippen LogP contribution in [0.25, 0.3) is 21.5 Å². The third-order valence-electron chi connectivity index (χ3n) is 9.03. The summed E-state index contributed by atoms with van der Waals surface area (Å²) >= 11 is 0. The van der Waals surface area contributed by atoms with Gasteiger partial charge in [0.1, 0.15) is 0 Å². The molecule has 0 aliphatic carbocycles. The molecule has 0 spiro atoms. The number of rotatable bonds is 10. The Hall–Kier alpha value is -5.34. The molecule has 0 saturated carbocycles. The second-order valence-electron chi connectivity index (χ2n) is 13.7. The van der Waals surface area contributed by atoms with E-state index in [9.17, 15) is 0 Å². The monoisotopic (exact) mass is 624 g/mol. The van der Waals surface area contributed by atoms with Crippen LogP contribution in [0.15, 0.2) is 158 Å². The van der Waals surface area contributed by atoms with Gasteiger partial charge in [-0.2, -0.15) is 0 Å². The van der Waals surface area contributed by atoms with Crippen molar-refractivity contribution in [1.29, 1.82) is 0 Å². The number of hydrogen-bond donors (Lipinski definition) is 0. The Balaban J connectivity index is 1.53. The summed E-state index contributed by atoms with van der Waals surface area (Å²) in [6, 6.07) is 57.8. The van der Waals surface area contributed by atoms with E-state index in [2.05, 4.69) is 195 Å². The molecule has 0 bridgehead atoms. The fourth-order valence-corrected chi connectivity index (χ4v) is 7.04. The number of benzene rings is 7. The minimum atomic E-state index is 0.609. The Labute approximate surface area is 285 Å². The highest BCUT2D eigenvalue weighted by atomic mass is 15.2. The van der Waals surface area contributed by atoms with Gasteiger partial charge < -0.3 is 9.80 Å². The standard InChI is InChI=1S/C46H44N2/c1-33(2)31-35-23-27-39(28-24-35)48(40-29-25-36(26-30-40)32-34(3)4)46-43-21-13-11-19-41(43)45(42-20-12-14-22-44(42)46)47(37-15-7-5-8-16-37)38-17-9-6-10-18-38/h5-30,33-34H,31-32H2,1-4H3. The molecule has 2 nitrogen and oxygen atoms in total. The minimum absolute atomic E-state index is 0.609. The van der Waals surface area contributed by atoms with Crippen molar-refractivity contribution in [3.05, 3.63) is 169 Å². The number of anilines is 6. The summed E-state index contributed by atoms with van der Waals surface area (Å²) in [5.74, 6) is 1.22. The summed E-state index contributed by atoms with van der Waals surface area (Å²) in [7, 11) is 0. The van der Waals surface area contributed by atoms with Crippen LogP contribution in [0.3, 0.4) is 0 Å². The molecule has 0 atom stereocenters. The second-order valence-corrected chi connectivity index (χ2v) is 13.7. The van der Waals surface area contributed by atoms with Crippen LogP contribution in [0, 0.1) is 11.8 Å². The van der Waals surface area contributed by atoms with E-state index in [0.29, 0.717) is 11.8 Å². The van der Waals surface area contributed by atoms with Crippen LogP contribution in [0.5, 0.6) is 0 Å². The molecular formula is C46H44N2. The van der Waals surface area contributed by atoms with E-state index in [1.807, 2.05) is 0 Å². The Kier molecular flexibility index (Phi) is 8.99. The summed E-state index contributed by atoms with van der Waals surface area (Å²) in [5.41, 5.74) is 9.69. The topological polar surface area (TPSA) is 6.48 Å². The molecular weight excluding hydrogens is 581 g/mol. The highest BCUT2D eigenvalue weighted by molar-refractivity contribution is 6.23. The summed E-state index contributed by atoms with van der Waals surface area (Å²) < 4.78 is 0. The molecule has 0 amide bonds. The van der Waals surface area contributed by atoms with Gasteiger partial charge in [0, 0.05) is 44.3 Å². The average molecular weight is 625 g/mol. The lowest BCUT2D eigenvalue weighted by atomic mass is 9.95. The van der Waals surface area contributed by atoms with Crippen molar-refractivity contribution in [2.45, 2.75) is 40.5 Å². The maximum absolute atomic E-state index is 2.47. The van der Waals surface area contributed by atoms with Gasteiger partial charge in [0.15, 0.2) is 0 Å². The predicted octanol–water partition coefficient (Wildman–Crippen LogP) is 13.3. The van der Waals surface area contributed by atoms with Crippen molar-refractivity contribution >= 4 is 55.7 Å². The molecule has 0 aliphatic heterocycles. The molecule has 238 valence electrons. The molecule has 0 heterocycles. The number of hydrogen-bond acceptors (Lipinski definition) is 2. The molecule has 0 aromatic heterocycles. The van der Waals surface area contributed by atoms with Crippen molar-refractivity contribution < 1.29 is 0 Å². The summed E-state index contributed by atoms with van der Waals surface area (Å²) in [5, 5.41) is 4.83. The van der Waals surface area contributed by atoms with Crippen LogP contribution >= 0.6 is 0 Å². The third kappa shape index (κ3) is 6.31. The van der Waals surface area contributed by atoms with Crippen molar-refractivity contribution in [3.63, 3.8) is 0 Å². The van der Waals surface area contributed by atoms with Crippen molar-refractivity contribution in [3.8, 4) is 0 Å². The van der Waals surface area contributed by atoms with Gasteiger partial charge in [-0.15, -0.1) is 0 Å². The van der Waals surface area contributed by atoms with E-state index >= 15 is 0 Å². The zero-order chi connectivity index (χ0) is 33.0. The first kappa shape index (κ1) is 31.3. The fourth-order valence-electron chi connectivity index (χ4n) is 7.04. The first-order chi connectivity index (χ1) is 23.5. The number of nitrogens with zero attached hydrogens (tertiary/aromatic N) is 2. The van der Waals surface area contributed by atoms with Crippen molar-refractivity contribution in [1.82, 2.24) is 0 Å². The van der Waals surface area contributed by atoms with E-state index in [1.54, 1.807) is 0 Å². The Morgan fingerprint density at radius 1 is 0.333 bits per heavy atom. The van der Waals surface area contributed by atoms with E-state index in [0.717, 1.165) is 35.6 Å². The lowest BCUT2D eigenvalue weighted by molar-refractivity contribution is 0.647. The van der Waals surface area contributed by atoms with E-state index in [-0.39, 0.29) is 0 Å². The summed E-state index contributed by atoms with van der Waals surface area (Å²) in [4.78, 5) is 4.89. The second kappa shape index (κ2) is 13.8. The van der Waals surface area contributed by atoms with Gasteiger partial charge >= 0.3 is 0 Å². The van der Waals surface area contributed by atoms with E-state index in [1.165, 1.54) is 44.0 Å². The van der Waals surface area contributed by atoms with Gasteiger partial charge in [-0.1, -0.05) is 137 Å². The lowest BCUT2D eigenvalue weighted by Crippen LogP contribution is -2.14. The van der Waals surface area contributed by atoms with Gasteiger partial charge in [-0.25, -0.2) is 0 Å². The van der Waals surface area contributed by atoms with Gasteiger partial charge in [-0.05, 0) is 84.3 Å². The van der Waals surface area contributed by atoms with Crippen LogP contribution in [0.2, 0.25) is 0 Å². The molecule has 0 radical (unpaired) electrons. The maximum Gasteiger partial charge on any atom is 0.0619 e. The number of para-hydroxylation sites is 2. The Morgan fingerprint density at radius 2 is 0.604 bits per heavy atom. The van der Waals surface area contributed by atoms with E-state index < -0.39 is 0 Å². The van der Waals surface area contributed by atoms with Gasteiger partial charge in [0.25, 0.3) is 0 Å². The highest BCUT2D eigenvalue weighted by Gasteiger charge is 2.25. The molecule has 48 heavy (non-hydrogen) atoms. The van der Waals surface area contributed by atoms with Crippen molar-refractivity contribution in [2.75, 3.05) is 9.80 Å². The maximum atomic E-state index is 2.47. The third-order valence-corrected chi connectivity index (χ3v) is 9.03. The zero-order valence-corrected chi connectivity index (χ0v) is 28.5. The predicted molar refractivity (Wildman–Crippen MR) is 208 cm³/mol. The molecule has 0 aliphatic rings. The lowest BCUT2D eigenvalue weighted by Gasteiger charge is -2.33. The smallest absolute Gasteiger partial charge is 0.0619 e. The molecule has 0 N–H and O–H groups in total. The largest absolute Gasteiger partial charge is 0.309 e. The molecule has 7 rings (SSSR count). The quantitative estimate of drug-likeness (QED) is 0.110. The summed E-state index contributed by atoms with van der Waals surface area (Å²) in [6.45, 7) is 9.14. The minimum Gasteiger partial charge on any atom is -0.309 e. The van der Waals surface area contributed by atoms with Crippen LogP contribution in [0.1, 0.15) is 38.8 Å². The van der Waals surface area contributed by atoms with Crippen LogP contribution in [-0.4, -0.2) is 0 Å². The first-order valence-electron chi connectivity index (χ1n) is 17.3. The zero-order valence-electron chi connectivity index (χ0n) is 28.5. The van der Waals surface area contributed by atoms with Gasteiger partial charge in [0.05, 0.1) is 11.4 Å². The molecule has 2 heteroatoms. The molecule has 0 saturated heterocycles. The van der Waals surface area contributed by atoms with E-state index in [4.69, 9.17) is 0 Å². The first-order valence-corrected chi connectivity index (χ1v) is 17.3. The SMILES string of the molecule is CC(C)Cc1ccc(N(c2ccc(CC(C)C)cc2)c2c3ccccc3c(N(c3ccccc3)c3ccccc3)c3ccccc23)cc1. The van der Waals surface area contributed by atoms with Crippen molar-refractivity contribution in [2.24, 2.45) is 11.8 Å². The number of fused-ring (bicyclic) bond motifs is 2. The van der Waals surface area contributed by atoms with Gasteiger partial charge in [-0.3, -0.25) is 0 Å².